The van der Waals surface area contributed by atoms with Crippen molar-refractivity contribution >= 4 is 0 Å². The van der Waals surface area contributed by atoms with E-state index < -0.39 is 0 Å². The van der Waals surface area contributed by atoms with Crippen molar-refractivity contribution in [2.24, 2.45) is 23.7 Å². The first kappa shape index (κ1) is 9.47. The van der Waals surface area contributed by atoms with Crippen LogP contribution in [0.5, 0.6) is 0 Å². The fourth-order valence-electron chi connectivity index (χ4n) is 3.54. The molecule has 2 nitrogen and oxygen atoms in total. The molecule has 76 valence electrons. The van der Waals surface area contributed by atoms with Crippen molar-refractivity contribution in [1.29, 1.82) is 0 Å². The molecule has 2 heteroatoms. The fraction of sp³-hybridized carbons (Fsp3) is 1.00. The summed E-state index contributed by atoms with van der Waals surface area (Å²) in [6, 6.07) is 0. The molecule has 2 aliphatic rings. The first-order chi connectivity index (χ1) is 6.15. The van der Waals surface area contributed by atoms with Gasteiger partial charge in [0.1, 0.15) is 6.23 Å². The van der Waals surface area contributed by atoms with Gasteiger partial charge in [0.2, 0.25) is 0 Å². The largest absolute Gasteiger partial charge is 0.378 e. The summed E-state index contributed by atoms with van der Waals surface area (Å²) in [4.78, 5) is 2.12. The number of fused-ring (bicyclic) bond motifs is 1. The number of aliphatic hydroxyl groups is 1. The Hall–Kier alpha value is -0.0800. The quantitative estimate of drug-likeness (QED) is 0.666. The maximum Gasteiger partial charge on any atom is 0.110 e. The van der Waals surface area contributed by atoms with E-state index >= 15 is 0 Å². The molecule has 0 spiro atoms. The molecule has 0 bridgehead atoms. The second-order valence-corrected chi connectivity index (χ2v) is 4.98. The molecule has 5 atom stereocenters. The minimum absolute atomic E-state index is 0.170. The van der Waals surface area contributed by atoms with Crippen LogP contribution in [-0.2, 0) is 0 Å². The van der Waals surface area contributed by atoms with Crippen molar-refractivity contribution in [1.82, 2.24) is 4.90 Å². The van der Waals surface area contributed by atoms with Crippen LogP contribution in [0.1, 0.15) is 26.7 Å². The lowest BCUT2D eigenvalue weighted by Gasteiger charge is -2.21. The maximum atomic E-state index is 9.98. The zero-order valence-corrected chi connectivity index (χ0v) is 8.90. The maximum absolute atomic E-state index is 9.98. The average Bonchev–Trinajstić information content (AvgIpc) is 2.54. The van der Waals surface area contributed by atoms with E-state index in [1.807, 2.05) is 7.05 Å². The van der Waals surface area contributed by atoms with Crippen LogP contribution in [0.3, 0.4) is 0 Å². The number of aliphatic hydroxyl groups excluding tert-OH is 1. The van der Waals surface area contributed by atoms with E-state index in [9.17, 15) is 5.11 Å². The van der Waals surface area contributed by atoms with Crippen molar-refractivity contribution in [2.45, 2.75) is 32.9 Å². The summed E-state index contributed by atoms with van der Waals surface area (Å²) in [6.07, 6.45) is 2.44. The third-order valence-electron chi connectivity index (χ3n) is 4.25. The summed E-state index contributed by atoms with van der Waals surface area (Å²) in [6.45, 7) is 5.69. The minimum atomic E-state index is -0.170. The summed E-state index contributed by atoms with van der Waals surface area (Å²) in [7, 11) is 2.04. The molecule has 1 heterocycles. The van der Waals surface area contributed by atoms with Gasteiger partial charge in [-0.25, -0.2) is 0 Å². The standard InChI is InChI=1S/C11H21NO/c1-4-8-5-7(2)10-9(8)6-12(3)11(10)13/h7-11,13H,4-6H2,1-3H3. The van der Waals surface area contributed by atoms with E-state index in [-0.39, 0.29) is 6.23 Å². The molecule has 1 N–H and O–H groups in total. The lowest BCUT2D eigenvalue weighted by Crippen LogP contribution is -2.30. The number of likely N-dealkylation sites (tertiary alicyclic amines) is 1. The van der Waals surface area contributed by atoms with Gasteiger partial charge < -0.3 is 5.11 Å². The molecule has 0 radical (unpaired) electrons. The van der Waals surface area contributed by atoms with E-state index in [0.29, 0.717) is 5.92 Å². The van der Waals surface area contributed by atoms with Crippen molar-refractivity contribution in [3.05, 3.63) is 0 Å². The molecule has 2 rings (SSSR count). The monoisotopic (exact) mass is 183 g/mol. The molecule has 0 aromatic rings. The summed E-state index contributed by atoms with van der Waals surface area (Å²) in [5.74, 6) is 2.89. The van der Waals surface area contributed by atoms with E-state index in [4.69, 9.17) is 0 Å². The summed E-state index contributed by atoms with van der Waals surface area (Å²) < 4.78 is 0. The molecule has 1 aliphatic carbocycles. The van der Waals surface area contributed by atoms with Crippen LogP contribution in [0.2, 0.25) is 0 Å². The van der Waals surface area contributed by atoms with Crippen LogP contribution in [0.15, 0.2) is 0 Å². The van der Waals surface area contributed by atoms with Crippen LogP contribution >= 0.6 is 0 Å². The summed E-state index contributed by atoms with van der Waals surface area (Å²) in [5, 5.41) is 9.98. The number of nitrogens with zero attached hydrogens (tertiary/aromatic N) is 1. The molecule has 1 saturated carbocycles. The number of hydrogen-bond donors (Lipinski definition) is 1. The number of hydrogen-bond acceptors (Lipinski definition) is 2. The summed E-state index contributed by atoms with van der Waals surface area (Å²) in [5.41, 5.74) is 0. The highest BCUT2D eigenvalue weighted by molar-refractivity contribution is 4.97. The van der Waals surface area contributed by atoms with E-state index in [1.165, 1.54) is 12.8 Å². The van der Waals surface area contributed by atoms with Gasteiger partial charge >= 0.3 is 0 Å². The zero-order chi connectivity index (χ0) is 9.59. The molecule has 13 heavy (non-hydrogen) atoms. The average molecular weight is 183 g/mol. The fourth-order valence-corrected chi connectivity index (χ4v) is 3.54. The normalized spacial score (nSPS) is 51.2. The molecule has 1 saturated heterocycles. The van der Waals surface area contributed by atoms with E-state index in [0.717, 1.165) is 24.3 Å². The Balaban J connectivity index is 2.15. The Morgan fingerprint density at radius 2 is 2.15 bits per heavy atom. The topological polar surface area (TPSA) is 23.5 Å². The Kier molecular flexibility index (Phi) is 2.37. The minimum Gasteiger partial charge on any atom is -0.378 e. The molecular weight excluding hydrogens is 162 g/mol. The van der Waals surface area contributed by atoms with Gasteiger partial charge in [0, 0.05) is 12.5 Å². The van der Waals surface area contributed by atoms with Gasteiger partial charge in [0.25, 0.3) is 0 Å². The molecule has 1 aliphatic heterocycles. The Labute approximate surface area is 80.9 Å². The highest BCUT2D eigenvalue weighted by atomic mass is 16.3. The Bertz CT molecular complexity index is 195. The van der Waals surface area contributed by atoms with E-state index in [1.54, 1.807) is 0 Å². The third-order valence-corrected chi connectivity index (χ3v) is 4.25. The van der Waals surface area contributed by atoms with Gasteiger partial charge in [-0.15, -0.1) is 0 Å². The Morgan fingerprint density at radius 3 is 2.77 bits per heavy atom. The molecular formula is C11H21NO. The number of rotatable bonds is 1. The molecule has 2 fully saturated rings. The van der Waals surface area contributed by atoms with Gasteiger partial charge in [0.15, 0.2) is 0 Å². The van der Waals surface area contributed by atoms with Crippen molar-refractivity contribution < 1.29 is 5.11 Å². The van der Waals surface area contributed by atoms with Crippen LogP contribution < -0.4 is 0 Å². The van der Waals surface area contributed by atoms with Gasteiger partial charge in [-0.3, -0.25) is 4.90 Å². The predicted molar refractivity (Wildman–Crippen MR) is 53.2 cm³/mol. The lowest BCUT2D eigenvalue weighted by molar-refractivity contribution is 0.00943. The zero-order valence-electron chi connectivity index (χ0n) is 8.90. The molecule has 5 unspecified atom stereocenters. The molecule has 0 aromatic carbocycles. The van der Waals surface area contributed by atoms with E-state index in [2.05, 4.69) is 18.7 Å². The van der Waals surface area contributed by atoms with Crippen LogP contribution in [0.25, 0.3) is 0 Å². The second kappa shape index (κ2) is 3.25. The van der Waals surface area contributed by atoms with Gasteiger partial charge in [-0.05, 0) is 31.2 Å². The molecule has 0 amide bonds. The third kappa shape index (κ3) is 1.31. The van der Waals surface area contributed by atoms with Crippen molar-refractivity contribution in [3.63, 3.8) is 0 Å². The van der Waals surface area contributed by atoms with Crippen LogP contribution in [0.4, 0.5) is 0 Å². The molecule has 0 aromatic heterocycles. The lowest BCUT2D eigenvalue weighted by atomic mass is 9.89. The Morgan fingerprint density at radius 1 is 1.46 bits per heavy atom. The highest BCUT2D eigenvalue weighted by Crippen LogP contribution is 2.48. The smallest absolute Gasteiger partial charge is 0.110 e. The van der Waals surface area contributed by atoms with Crippen molar-refractivity contribution in [2.75, 3.05) is 13.6 Å². The highest BCUT2D eigenvalue weighted by Gasteiger charge is 2.49. The van der Waals surface area contributed by atoms with Gasteiger partial charge in [-0.1, -0.05) is 20.3 Å². The predicted octanol–water partition coefficient (Wildman–Crippen LogP) is 1.55. The SMILES string of the molecule is CCC1CC(C)C2C1CN(C)C2O. The van der Waals surface area contributed by atoms with Crippen LogP contribution in [-0.4, -0.2) is 29.8 Å². The first-order valence-electron chi connectivity index (χ1n) is 5.53. The van der Waals surface area contributed by atoms with Gasteiger partial charge in [-0.2, -0.15) is 0 Å². The first-order valence-corrected chi connectivity index (χ1v) is 5.53. The van der Waals surface area contributed by atoms with Crippen molar-refractivity contribution in [3.8, 4) is 0 Å². The van der Waals surface area contributed by atoms with Crippen LogP contribution in [0, 0.1) is 23.7 Å². The summed E-state index contributed by atoms with van der Waals surface area (Å²) >= 11 is 0. The second-order valence-electron chi connectivity index (χ2n) is 4.98. The van der Waals surface area contributed by atoms with Gasteiger partial charge in [0.05, 0.1) is 0 Å².